The number of nitrogens with zero attached hydrogens (tertiary/aromatic N) is 1. The Morgan fingerprint density at radius 1 is 1.18 bits per heavy atom. The highest BCUT2D eigenvalue weighted by Gasteiger charge is 2.17. The zero-order chi connectivity index (χ0) is 20.7. The number of nitrogens with one attached hydrogen (secondary N) is 2. The molecule has 0 bridgehead atoms. The van der Waals surface area contributed by atoms with Crippen LogP contribution in [0.4, 0.5) is 5.69 Å². The Hall–Kier alpha value is -3.26. The summed E-state index contributed by atoms with van der Waals surface area (Å²) < 4.78 is 5.67. The Morgan fingerprint density at radius 3 is 2.50 bits per heavy atom. The third-order valence-corrected chi connectivity index (χ3v) is 4.40. The van der Waals surface area contributed by atoms with Crippen molar-refractivity contribution in [3.05, 3.63) is 70.4 Å². The number of benzene rings is 2. The summed E-state index contributed by atoms with van der Waals surface area (Å²) in [6.45, 7) is 10.3. The molecule has 0 spiro atoms. The number of anilines is 1. The lowest BCUT2D eigenvalue weighted by atomic mass is 10.0. The predicted molar refractivity (Wildman–Crippen MR) is 112 cm³/mol. The molecule has 2 aromatic carbocycles. The summed E-state index contributed by atoms with van der Waals surface area (Å²) >= 11 is 0. The van der Waals surface area contributed by atoms with Gasteiger partial charge in [0.2, 0.25) is 0 Å². The minimum absolute atomic E-state index is 0.0115. The van der Waals surface area contributed by atoms with E-state index >= 15 is 0 Å². The quantitative estimate of drug-likeness (QED) is 0.541. The van der Waals surface area contributed by atoms with E-state index in [0.29, 0.717) is 6.61 Å². The third-order valence-electron chi connectivity index (χ3n) is 4.40. The number of amides is 1. The van der Waals surface area contributed by atoms with E-state index in [4.69, 9.17) is 4.74 Å². The summed E-state index contributed by atoms with van der Waals surface area (Å²) in [7, 11) is 0. The number of hydrogen-bond acceptors (Lipinski definition) is 4. The average molecular weight is 377 g/mol. The molecule has 28 heavy (non-hydrogen) atoms. The summed E-state index contributed by atoms with van der Waals surface area (Å²) in [5.74, 6) is 0.299. The topological polar surface area (TPSA) is 74.1 Å². The van der Waals surface area contributed by atoms with Crippen molar-refractivity contribution in [1.82, 2.24) is 5.32 Å². The maximum absolute atomic E-state index is 12.6. The van der Waals surface area contributed by atoms with Crippen LogP contribution in [0.15, 0.2) is 48.2 Å². The normalized spacial score (nSPS) is 12.1. The lowest BCUT2D eigenvalue weighted by molar-refractivity contribution is -0.117. The molecule has 0 heterocycles. The van der Waals surface area contributed by atoms with Gasteiger partial charge in [-0.05, 0) is 52.3 Å². The zero-order valence-electron chi connectivity index (χ0n) is 17.1. The first-order chi connectivity index (χ1) is 13.3. The van der Waals surface area contributed by atoms with E-state index in [1.165, 1.54) is 6.20 Å². The van der Waals surface area contributed by atoms with Gasteiger partial charge in [0, 0.05) is 17.5 Å². The smallest absolute Gasteiger partial charge is 0.263 e. The number of carbonyl (C=O) groups is 1. The van der Waals surface area contributed by atoms with Crippen molar-refractivity contribution in [2.75, 3.05) is 11.9 Å². The van der Waals surface area contributed by atoms with Gasteiger partial charge < -0.3 is 15.4 Å². The Kier molecular flexibility index (Phi) is 7.22. The minimum atomic E-state index is -0.434. The van der Waals surface area contributed by atoms with Crippen LogP contribution in [0.25, 0.3) is 0 Å². The summed E-state index contributed by atoms with van der Waals surface area (Å²) in [5.41, 5.74) is 5.03. The molecule has 5 nitrogen and oxygen atoms in total. The summed E-state index contributed by atoms with van der Waals surface area (Å²) in [5, 5.41) is 15.3. The average Bonchev–Trinajstić information content (AvgIpc) is 2.65. The van der Waals surface area contributed by atoms with E-state index in [2.05, 4.69) is 10.6 Å². The molecule has 2 aromatic rings. The summed E-state index contributed by atoms with van der Waals surface area (Å²) in [6.07, 6.45) is 1.44. The van der Waals surface area contributed by atoms with Crippen molar-refractivity contribution in [3.8, 4) is 11.8 Å². The molecule has 0 aliphatic heterocycles. The van der Waals surface area contributed by atoms with Crippen LogP contribution in [0.3, 0.4) is 0 Å². The number of hydrogen-bond donors (Lipinski definition) is 2. The van der Waals surface area contributed by atoms with Crippen LogP contribution in [-0.2, 0) is 4.79 Å². The van der Waals surface area contributed by atoms with Crippen LogP contribution < -0.4 is 15.4 Å². The highest BCUT2D eigenvalue weighted by molar-refractivity contribution is 5.97. The van der Waals surface area contributed by atoms with Crippen LogP contribution in [0, 0.1) is 32.1 Å². The van der Waals surface area contributed by atoms with E-state index in [9.17, 15) is 10.1 Å². The Bertz CT molecular complexity index is 926. The Balaban J connectivity index is 2.15. The molecule has 0 saturated heterocycles. The van der Waals surface area contributed by atoms with E-state index < -0.39 is 5.91 Å². The molecule has 2 N–H and O–H groups in total. The minimum Gasteiger partial charge on any atom is -0.494 e. The second kappa shape index (κ2) is 9.61. The van der Waals surface area contributed by atoms with E-state index in [0.717, 1.165) is 33.7 Å². The second-order valence-corrected chi connectivity index (χ2v) is 6.80. The fraction of sp³-hybridized carbons (Fsp3) is 0.304. The van der Waals surface area contributed by atoms with Crippen molar-refractivity contribution in [1.29, 1.82) is 5.26 Å². The molecular weight excluding hydrogens is 350 g/mol. The molecule has 0 fully saturated rings. The van der Waals surface area contributed by atoms with Gasteiger partial charge in [0.25, 0.3) is 5.91 Å². The van der Waals surface area contributed by atoms with Crippen LogP contribution in [-0.4, -0.2) is 12.5 Å². The first kappa shape index (κ1) is 21.0. The van der Waals surface area contributed by atoms with Crippen LogP contribution in [0.2, 0.25) is 0 Å². The molecule has 0 aliphatic carbocycles. The van der Waals surface area contributed by atoms with E-state index in [1.807, 2.05) is 77.1 Å². The number of nitriles is 1. The lowest BCUT2D eigenvalue weighted by Crippen LogP contribution is -2.28. The van der Waals surface area contributed by atoms with Crippen molar-refractivity contribution in [2.45, 2.75) is 40.7 Å². The Morgan fingerprint density at radius 2 is 1.86 bits per heavy atom. The first-order valence-electron chi connectivity index (χ1n) is 9.34. The lowest BCUT2D eigenvalue weighted by Gasteiger charge is -2.18. The maximum Gasteiger partial charge on any atom is 0.263 e. The van der Waals surface area contributed by atoms with Crippen LogP contribution >= 0.6 is 0 Å². The largest absolute Gasteiger partial charge is 0.494 e. The van der Waals surface area contributed by atoms with Gasteiger partial charge in [-0.1, -0.05) is 35.4 Å². The molecule has 2 rings (SSSR count). The van der Waals surface area contributed by atoms with Crippen molar-refractivity contribution in [3.63, 3.8) is 0 Å². The summed E-state index contributed by atoms with van der Waals surface area (Å²) in [6, 6.07) is 13.5. The molecule has 0 aliphatic rings. The zero-order valence-corrected chi connectivity index (χ0v) is 17.1. The van der Waals surface area contributed by atoms with Gasteiger partial charge in [-0.3, -0.25) is 4.79 Å². The number of carbonyl (C=O) groups excluding carboxylic acids is 1. The van der Waals surface area contributed by atoms with Gasteiger partial charge in [0.1, 0.15) is 17.4 Å². The number of rotatable bonds is 7. The molecule has 1 atom stereocenters. The summed E-state index contributed by atoms with van der Waals surface area (Å²) in [4.78, 5) is 12.6. The monoisotopic (exact) mass is 377 g/mol. The van der Waals surface area contributed by atoms with E-state index in [-0.39, 0.29) is 11.6 Å². The molecule has 1 amide bonds. The molecule has 1 unspecified atom stereocenters. The van der Waals surface area contributed by atoms with Crippen molar-refractivity contribution in [2.24, 2.45) is 0 Å². The third kappa shape index (κ3) is 5.37. The molecule has 0 saturated carbocycles. The van der Waals surface area contributed by atoms with Crippen molar-refractivity contribution < 1.29 is 9.53 Å². The second-order valence-electron chi connectivity index (χ2n) is 6.80. The van der Waals surface area contributed by atoms with Crippen LogP contribution in [0.1, 0.15) is 42.1 Å². The van der Waals surface area contributed by atoms with Crippen molar-refractivity contribution >= 4 is 11.6 Å². The first-order valence-corrected chi connectivity index (χ1v) is 9.34. The van der Waals surface area contributed by atoms with E-state index in [1.54, 1.807) is 0 Å². The number of ether oxygens (including phenoxy) is 1. The fourth-order valence-corrected chi connectivity index (χ4v) is 2.92. The number of aryl methyl sites for hydroxylation is 3. The SMILES string of the molecule is CCOc1ccc(C)cc1C(C)NC(=O)/C(C#N)=C\Nc1ccc(C)cc1C. The maximum atomic E-state index is 12.6. The van der Waals surface area contributed by atoms with Gasteiger partial charge in [0.05, 0.1) is 12.6 Å². The fourth-order valence-electron chi connectivity index (χ4n) is 2.92. The molecule has 146 valence electrons. The van der Waals surface area contributed by atoms with Gasteiger partial charge in [-0.2, -0.15) is 5.26 Å². The Labute approximate surface area is 167 Å². The van der Waals surface area contributed by atoms with Gasteiger partial charge in [-0.15, -0.1) is 0 Å². The molecular formula is C23H27N3O2. The van der Waals surface area contributed by atoms with Crippen LogP contribution in [0.5, 0.6) is 5.75 Å². The van der Waals surface area contributed by atoms with Gasteiger partial charge in [0.15, 0.2) is 0 Å². The molecule has 0 aromatic heterocycles. The molecule has 0 radical (unpaired) electrons. The predicted octanol–water partition coefficient (Wildman–Crippen LogP) is 4.71. The standard InChI is InChI=1S/C23H27N3O2/c1-6-28-22-10-8-16(3)12-20(22)18(5)26-23(27)19(13-24)14-25-21-9-7-15(2)11-17(21)4/h7-12,14,18,25H,6H2,1-5H3,(H,26,27)/b19-14-. The van der Waals surface area contributed by atoms with Gasteiger partial charge in [-0.25, -0.2) is 0 Å². The molecule has 5 heteroatoms. The van der Waals surface area contributed by atoms with Gasteiger partial charge >= 0.3 is 0 Å². The highest BCUT2D eigenvalue weighted by atomic mass is 16.5. The highest BCUT2D eigenvalue weighted by Crippen LogP contribution is 2.26.